The van der Waals surface area contributed by atoms with Crippen molar-refractivity contribution in [3.05, 3.63) is 36.4 Å². The average molecular weight is 191 g/mol. The first-order valence-corrected chi connectivity index (χ1v) is 4.72. The van der Waals surface area contributed by atoms with Gasteiger partial charge in [-0.05, 0) is 32.2 Å². The predicted molar refractivity (Wildman–Crippen MR) is 60.3 cm³/mol. The zero-order valence-corrected chi connectivity index (χ0v) is 8.83. The summed E-state index contributed by atoms with van der Waals surface area (Å²) in [6, 6.07) is 7.32. The van der Waals surface area contributed by atoms with Gasteiger partial charge in [0.2, 0.25) is 0 Å². The Morgan fingerprint density at radius 1 is 1.36 bits per heavy atom. The molecule has 1 aromatic carbocycles. The van der Waals surface area contributed by atoms with Gasteiger partial charge in [0.1, 0.15) is 5.75 Å². The van der Waals surface area contributed by atoms with Crippen LogP contribution in [0.25, 0.3) is 5.57 Å². The van der Waals surface area contributed by atoms with Crippen LogP contribution in [0.1, 0.15) is 12.0 Å². The molecule has 76 valence electrons. The Balaban J connectivity index is 2.65. The third kappa shape index (κ3) is 2.89. The number of aromatic hydroxyl groups is 1. The van der Waals surface area contributed by atoms with Gasteiger partial charge >= 0.3 is 0 Å². The van der Waals surface area contributed by atoms with Crippen LogP contribution in [0, 0.1) is 0 Å². The van der Waals surface area contributed by atoms with Gasteiger partial charge in [-0.25, -0.2) is 0 Å². The SMILES string of the molecule is C=C(CCN(C)C)c1ccccc1O. The van der Waals surface area contributed by atoms with E-state index in [9.17, 15) is 5.11 Å². The van der Waals surface area contributed by atoms with E-state index in [1.54, 1.807) is 6.07 Å². The maximum absolute atomic E-state index is 9.57. The number of nitrogens with zero attached hydrogens (tertiary/aromatic N) is 1. The molecule has 0 spiro atoms. The van der Waals surface area contributed by atoms with Gasteiger partial charge in [-0.1, -0.05) is 24.8 Å². The van der Waals surface area contributed by atoms with Gasteiger partial charge in [0, 0.05) is 12.1 Å². The Bertz CT molecular complexity index is 318. The summed E-state index contributed by atoms with van der Waals surface area (Å²) < 4.78 is 0. The Morgan fingerprint density at radius 2 is 2.00 bits per heavy atom. The van der Waals surface area contributed by atoms with Gasteiger partial charge in [-0.15, -0.1) is 0 Å². The van der Waals surface area contributed by atoms with Crippen molar-refractivity contribution in [3.8, 4) is 5.75 Å². The number of phenols is 1. The molecule has 2 heteroatoms. The van der Waals surface area contributed by atoms with Crippen LogP contribution in [0.15, 0.2) is 30.8 Å². The van der Waals surface area contributed by atoms with E-state index in [1.165, 1.54) is 0 Å². The fraction of sp³-hybridized carbons (Fsp3) is 0.333. The quantitative estimate of drug-likeness (QED) is 0.789. The second-order valence-electron chi connectivity index (χ2n) is 3.67. The highest BCUT2D eigenvalue weighted by Crippen LogP contribution is 2.25. The Labute approximate surface area is 85.5 Å². The van der Waals surface area contributed by atoms with E-state index in [2.05, 4.69) is 11.5 Å². The van der Waals surface area contributed by atoms with E-state index < -0.39 is 0 Å². The molecule has 1 N–H and O–H groups in total. The monoisotopic (exact) mass is 191 g/mol. The Hall–Kier alpha value is -1.28. The molecule has 0 saturated heterocycles. The summed E-state index contributed by atoms with van der Waals surface area (Å²) in [7, 11) is 4.05. The smallest absolute Gasteiger partial charge is 0.123 e. The average Bonchev–Trinajstić information content (AvgIpc) is 2.15. The summed E-state index contributed by atoms with van der Waals surface area (Å²) in [5.41, 5.74) is 1.84. The summed E-state index contributed by atoms with van der Waals surface area (Å²) in [6.45, 7) is 4.92. The van der Waals surface area contributed by atoms with Crippen LogP contribution in [-0.2, 0) is 0 Å². The molecule has 0 aliphatic rings. The van der Waals surface area contributed by atoms with Gasteiger partial charge in [0.15, 0.2) is 0 Å². The summed E-state index contributed by atoms with van der Waals surface area (Å²) in [4.78, 5) is 2.10. The highest BCUT2D eigenvalue weighted by Gasteiger charge is 2.03. The van der Waals surface area contributed by atoms with Gasteiger partial charge in [-0.2, -0.15) is 0 Å². The zero-order chi connectivity index (χ0) is 10.6. The molecule has 0 unspecified atom stereocenters. The fourth-order valence-corrected chi connectivity index (χ4v) is 1.27. The number of phenolic OH excluding ortho intramolecular Hbond substituents is 1. The van der Waals surface area contributed by atoms with Crippen LogP contribution in [0.3, 0.4) is 0 Å². The van der Waals surface area contributed by atoms with E-state index in [4.69, 9.17) is 0 Å². The molecule has 1 rings (SSSR count). The lowest BCUT2D eigenvalue weighted by Crippen LogP contribution is -2.13. The third-order valence-electron chi connectivity index (χ3n) is 2.15. The van der Waals surface area contributed by atoms with Crippen molar-refractivity contribution in [1.82, 2.24) is 4.90 Å². The van der Waals surface area contributed by atoms with E-state index in [1.807, 2.05) is 32.3 Å². The van der Waals surface area contributed by atoms with Crippen molar-refractivity contribution in [2.24, 2.45) is 0 Å². The Morgan fingerprint density at radius 3 is 2.57 bits per heavy atom. The first-order valence-electron chi connectivity index (χ1n) is 4.72. The standard InChI is InChI=1S/C12H17NO/c1-10(8-9-13(2)3)11-6-4-5-7-12(11)14/h4-7,14H,1,8-9H2,2-3H3. The van der Waals surface area contributed by atoms with Gasteiger partial charge in [-0.3, -0.25) is 0 Å². The lowest BCUT2D eigenvalue weighted by Gasteiger charge is -2.12. The maximum atomic E-state index is 9.57. The molecule has 0 bridgehead atoms. The largest absolute Gasteiger partial charge is 0.507 e. The molecule has 1 aromatic rings. The maximum Gasteiger partial charge on any atom is 0.123 e. The molecule has 0 aliphatic heterocycles. The van der Waals surface area contributed by atoms with E-state index >= 15 is 0 Å². The molecular formula is C12H17NO. The molecule has 0 atom stereocenters. The van der Waals surface area contributed by atoms with Crippen molar-refractivity contribution in [2.75, 3.05) is 20.6 Å². The van der Waals surface area contributed by atoms with Crippen molar-refractivity contribution >= 4 is 5.57 Å². The number of hydrogen-bond acceptors (Lipinski definition) is 2. The molecule has 0 radical (unpaired) electrons. The van der Waals surface area contributed by atoms with Gasteiger partial charge < -0.3 is 10.0 Å². The molecule has 0 heterocycles. The van der Waals surface area contributed by atoms with E-state index in [0.717, 1.165) is 24.1 Å². The predicted octanol–water partition coefficient (Wildman–Crippen LogP) is 2.36. The first-order chi connectivity index (χ1) is 6.61. The minimum Gasteiger partial charge on any atom is -0.507 e. The molecular weight excluding hydrogens is 174 g/mol. The van der Waals surface area contributed by atoms with Crippen LogP contribution in [0.2, 0.25) is 0 Å². The molecule has 0 aliphatic carbocycles. The van der Waals surface area contributed by atoms with Crippen LogP contribution in [0.4, 0.5) is 0 Å². The van der Waals surface area contributed by atoms with E-state index in [0.29, 0.717) is 5.75 Å². The molecule has 2 nitrogen and oxygen atoms in total. The summed E-state index contributed by atoms with van der Waals surface area (Å²) in [5, 5.41) is 9.57. The van der Waals surface area contributed by atoms with Crippen molar-refractivity contribution in [1.29, 1.82) is 0 Å². The van der Waals surface area contributed by atoms with Crippen LogP contribution >= 0.6 is 0 Å². The molecule has 0 saturated carbocycles. The highest BCUT2D eigenvalue weighted by molar-refractivity contribution is 5.68. The van der Waals surface area contributed by atoms with Crippen molar-refractivity contribution in [2.45, 2.75) is 6.42 Å². The van der Waals surface area contributed by atoms with Crippen molar-refractivity contribution < 1.29 is 5.11 Å². The number of para-hydroxylation sites is 1. The number of rotatable bonds is 4. The summed E-state index contributed by atoms with van der Waals surface area (Å²) >= 11 is 0. The van der Waals surface area contributed by atoms with Gasteiger partial charge in [0.05, 0.1) is 0 Å². The molecule has 0 amide bonds. The Kier molecular flexibility index (Phi) is 3.72. The number of hydrogen-bond donors (Lipinski definition) is 1. The van der Waals surface area contributed by atoms with Crippen LogP contribution in [-0.4, -0.2) is 30.6 Å². The first kappa shape index (κ1) is 10.8. The lowest BCUT2D eigenvalue weighted by molar-refractivity contribution is 0.419. The topological polar surface area (TPSA) is 23.5 Å². The third-order valence-corrected chi connectivity index (χ3v) is 2.15. The minimum atomic E-state index is 0.316. The molecule has 0 aromatic heterocycles. The fourth-order valence-electron chi connectivity index (χ4n) is 1.27. The highest BCUT2D eigenvalue weighted by atomic mass is 16.3. The second-order valence-corrected chi connectivity index (χ2v) is 3.67. The van der Waals surface area contributed by atoms with Crippen LogP contribution < -0.4 is 0 Å². The lowest BCUT2D eigenvalue weighted by atomic mass is 10.0. The molecule has 0 fully saturated rings. The number of benzene rings is 1. The van der Waals surface area contributed by atoms with Crippen molar-refractivity contribution in [3.63, 3.8) is 0 Å². The second kappa shape index (κ2) is 4.82. The minimum absolute atomic E-state index is 0.316. The zero-order valence-electron chi connectivity index (χ0n) is 8.83. The normalized spacial score (nSPS) is 10.5. The summed E-state index contributed by atoms with van der Waals surface area (Å²) in [6.07, 6.45) is 0.880. The molecule has 14 heavy (non-hydrogen) atoms. The van der Waals surface area contributed by atoms with E-state index in [-0.39, 0.29) is 0 Å². The van der Waals surface area contributed by atoms with Gasteiger partial charge in [0.25, 0.3) is 0 Å². The summed E-state index contributed by atoms with van der Waals surface area (Å²) in [5.74, 6) is 0.316. The van der Waals surface area contributed by atoms with Crippen LogP contribution in [0.5, 0.6) is 5.75 Å².